The number of imidazole rings is 1. The first-order chi connectivity index (χ1) is 8.49. The summed E-state index contributed by atoms with van der Waals surface area (Å²) in [5.41, 5.74) is 9.74. The van der Waals surface area contributed by atoms with Crippen molar-refractivity contribution in [2.75, 3.05) is 0 Å². The molecule has 0 amide bonds. The Morgan fingerprint density at radius 3 is 1.83 bits per heavy atom. The molecule has 1 aromatic rings. The summed E-state index contributed by atoms with van der Waals surface area (Å²) in [4.78, 5) is 6.41. The molecule has 0 radical (unpaired) electrons. The topological polar surface area (TPSA) is 176 Å². The summed E-state index contributed by atoms with van der Waals surface area (Å²) >= 11 is 0. The van der Waals surface area contributed by atoms with Gasteiger partial charge in [-0.25, -0.2) is 4.98 Å². The molecule has 0 atom stereocenters. The normalized spacial score (nSPS) is 9.39. The Labute approximate surface area is 103 Å². The van der Waals surface area contributed by atoms with Crippen LogP contribution in [0.3, 0.4) is 0 Å². The Balaban J connectivity index is 0.000000331. The molecular weight excluding hydrogens is 232 g/mol. The predicted molar refractivity (Wildman–Crippen MR) is 59.4 cm³/mol. The van der Waals surface area contributed by atoms with E-state index in [1.165, 1.54) is 12.1 Å². The smallest absolute Gasteiger partial charge is 0.176 e. The Hall–Kier alpha value is -3.49. The van der Waals surface area contributed by atoms with Crippen LogP contribution in [0.1, 0.15) is 17.2 Å². The molecule has 1 rings (SSSR count). The molecule has 1 heterocycles. The van der Waals surface area contributed by atoms with E-state index in [2.05, 4.69) is 9.97 Å². The summed E-state index contributed by atoms with van der Waals surface area (Å²) in [5, 5.41) is 32.7. The molecule has 0 aliphatic heterocycles. The molecule has 0 fully saturated rings. The van der Waals surface area contributed by atoms with Gasteiger partial charge in [0.05, 0.1) is 0 Å². The maximum absolute atomic E-state index is 8.39. The van der Waals surface area contributed by atoms with Gasteiger partial charge in [0.15, 0.2) is 11.4 Å². The molecular formula is C10H8N8. The molecule has 0 aliphatic carbocycles. The molecule has 18 heavy (non-hydrogen) atoms. The van der Waals surface area contributed by atoms with E-state index in [1.54, 1.807) is 13.0 Å². The maximum atomic E-state index is 8.39. The van der Waals surface area contributed by atoms with Crippen molar-refractivity contribution in [3.05, 3.63) is 28.6 Å². The van der Waals surface area contributed by atoms with Crippen LogP contribution >= 0.6 is 0 Å². The maximum Gasteiger partial charge on any atom is 0.176 e. The van der Waals surface area contributed by atoms with Crippen molar-refractivity contribution in [1.82, 2.24) is 9.97 Å². The van der Waals surface area contributed by atoms with Crippen LogP contribution in [0.25, 0.3) is 0 Å². The molecule has 1 aromatic heterocycles. The number of aromatic amines is 1. The number of hydrogen-bond donors (Lipinski definition) is 3. The summed E-state index contributed by atoms with van der Waals surface area (Å²) in [6.07, 6.45) is 0. The summed E-state index contributed by atoms with van der Waals surface area (Å²) in [6, 6.07) is 6.68. The zero-order valence-electron chi connectivity index (χ0n) is 9.39. The Morgan fingerprint density at radius 1 is 1.06 bits per heavy atom. The lowest BCUT2D eigenvalue weighted by molar-refractivity contribution is 1.14. The summed E-state index contributed by atoms with van der Waals surface area (Å²) < 4.78 is 0. The molecule has 0 spiro atoms. The number of allylic oxidation sites excluding steroid dienone is 2. The highest BCUT2D eigenvalue weighted by Crippen LogP contribution is 2.01. The second kappa shape index (κ2) is 6.90. The number of aromatic nitrogens is 2. The third-order valence-corrected chi connectivity index (χ3v) is 1.57. The summed E-state index contributed by atoms with van der Waals surface area (Å²) in [5.74, 6) is 0.591. The Bertz CT molecular complexity index is 569. The monoisotopic (exact) mass is 240 g/mol. The van der Waals surface area contributed by atoms with E-state index < -0.39 is 0 Å². The molecule has 0 bridgehead atoms. The van der Waals surface area contributed by atoms with Gasteiger partial charge in [-0.15, -0.1) is 0 Å². The summed E-state index contributed by atoms with van der Waals surface area (Å²) in [6.45, 7) is 1.70. The number of rotatable bonds is 0. The van der Waals surface area contributed by atoms with Gasteiger partial charge in [0.25, 0.3) is 0 Å². The fourth-order valence-corrected chi connectivity index (χ4v) is 0.774. The zero-order valence-corrected chi connectivity index (χ0v) is 9.39. The van der Waals surface area contributed by atoms with Crippen LogP contribution in [0.2, 0.25) is 0 Å². The van der Waals surface area contributed by atoms with E-state index in [9.17, 15) is 0 Å². The van der Waals surface area contributed by atoms with Gasteiger partial charge in [0.1, 0.15) is 41.5 Å². The average molecular weight is 240 g/mol. The van der Waals surface area contributed by atoms with Crippen molar-refractivity contribution >= 4 is 0 Å². The average Bonchev–Trinajstić information content (AvgIpc) is 2.77. The van der Waals surface area contributed by atoms with Crippen molar-refractivity contribution in [2.45, 2.75) is 6.92 Å². The lowest BCUT2D eigenvalue weighted by Gasteiger charge is -1.83. The quantitative estimate of drug-likeness (QED) is 0.517. The molecule has 5 N–H and O–H groups in total. The number of H-pyrrole nitrogens is 1. The van der Waals surface area contributed by atoms with Crippen LogP contribution in [0, 0.1) is 52.2 Å². The Morgan fingerprint density at radius 2 is 1.56 bits per heavy atom. The van der Waals surface area contributed by atoms with E-state index in [0.29, 0.717) is 5.82 Å². The molecule has 0 aromatic carbocycles. The van der Waals surface area contributed by atoms with Crippen LogP contribution in [-0.4, -0.2) is 9.97 Å². The number of nitriles is 4. The van der Waals surface area contributed by atoms with Gasteiger partial charge in [-0.1, -0.05) is 0 Å². The first-order valence-corrected chi connectivity index (χ1v) is 4.42. The lowest BCUT2D eigenvalue weighted by atomic mass is 10.4. The third kappa shape index (κ3) is 3.94. The van der Waals surface area contributed by atoms with Gasteiger partial charge in [-0.2, -0.15) is 21.0 Å². The van der Waals surface area contributed by atoms with Crippen molar-refractivity contribution < 1.29 is 0 Å². The van der Waals surface area contributed by atoms with Gasteiger partial charge in [-0.05, 0) is 6.92 Å². The van der Waals surface area contributed by atoms with E-state index in [-0.39, 0.29) is 22.8 Å². The minimum absolute atomic E-state index is 0.167. The Kier molecular flexibility index (Phi) is 5.56. The van der Waals surface area contributed by atoms with Gasteiger partial charge < -0.3 is 16.5 Å². The lowest BCUT2D eigenvalue weighted by Crippen LogP contribution is -2.05. The fourth-order valence-electron chi connectivity index (χ4n) is 0.774. The number of hydrogen-bond acceptors (Lipinski definition) is 7. The molecule has 8 heteroatoms. The van der Waals surface area contributed by atoms with Crippen molar-refractivity contribution in [1.29, 1.82) is 21.0 Å². The van der Waals surface area contributed by atoms with E-state index in [4.69, 9.17) is 32.5 Å². The van der Waals surface area contributed by atoms with Crippen molar-refractivity contribution in [3.63, 3.8) is 0 Å². The number of nitrogens with one attached hydrogen (secondary N) is 1. The van der Waals surface area contributed by atoms with Crippen molar-refractivity contribution in [3.8, 4) is 24.3 Å². The molecule has 0 unspecified atom stereocenters. The predicted octanol–water partition coefficient (Wildman–Crippen LogP) is -0.376. The van der Waals surface area contributed by atoms with Crippen LogP contribution in [0.15, 0.2) is 11.4 Å². The van der Waals surface area contributed by atoms with Gasteiger partial charge in [0, 0.05) is 0 Å². The number of nitrogens with two attached hydrogens (primary N) is 2. The first-order valence-electron chi connectivity index (χ1n) is 4.42. The fraction of sp³-hybridized carbons (Fsp3) is 0.100. The van der Waals surface area contributed by atoms with Crippen molar-refractivity contribution in [2.24, 2.45) is 11.5 Å². The van der Waals surface area contributed by atoms with Crippen LogP contribution in [0.5, 0.6) is 0 Å². The summed E-state index contributed by atoms with van der Waals surface area (Å²) in [7, 11) is 0. The molecule has 0 saturated heterocycles. The van der Waals surface area contributed by atoms with E-state index in [1.807, 2.05) is 6.07 Å². The second-order valence-corrected chi connectivity index (χ2v) is 2.82. The minimum Gasteiger partial charge on any atom is -0.388 e. The largest absolute Gasteiger partial charge is 0.388 e. The van der Waals surface area contributed by atoms with Gasteiger partial charge in [-0.3, -0.25) is 0 Å². The van der Waals surface area contributed by atoms with Crippen LogP contribution in [0.4, 0.5) is 0 Å². The highest BCUT2D eigenvalue weighted by atomic mass is 14.9. The molecule has 0 aliphatic rings. The minimum atomic E-state index is -0.229. The van der Waals surface area contributed by atoms with E-state index in [0.717, 1.165) is 0 Å². The highest BCUT2D eigenvalue weighted by molar-refractivity contribution is 5.36. The molecule has 88 valence electrons. The second-order valence-electron chi connectivity index (χ2n) is 2.82. The molecule has 8 nitrogen and oxygen atoms in total. The number of aryl methyl sites for hydroxylation is 1. The SMILES string of the molecule is Cc1nc(C#N)c(C#N)[nH]1.N#C/C(N)=C(/N)C#N. The zero-order chi connectivity index (χ0) is 14.1. The molecule has 0 saturated carbocycles. The highest BCUT2D eigenvalue weighted by Gasteiger charge is 2.04. The van der Waals surface area contributed by atoms with E-state index >= 15 is 0 Å². The van der Waals surface area contributed by atoms with Crippen LogP contribution in [-0.2, 0) is 0 Å². The van der Waals surface area contributed by atoms with Gasteiger partial charge in [0.2, 0.25) is 0 Å². The van der Waals surface area contributed by atoms with Gasteiger partial charge >= 0.3 is 0 Å². The van der Waals surface area contributed by atoms with Crippen LogP contribution < -0.4 is 11.5 Å². The number of nitrogens with zero attached hydrogens (tertiary/aromatic N) is 5. The third-order valence-electron chi connectivity index (χ3n) is 1.57. The first kappa shape index (κ1) is 14.5. The standard InChI is InChI=1S/C6H4N4.C4H4N4/c1-4-9-5(2-7)6(3-8)10-4;5-1-3(7)4(8)2-6/h1H3,(H,9,10);7-8H2/b;4-3-.